The summed E-state index contributed by atoms with van der Waals surface area (Å²) in [6, 6.07) is 6.80. The molecule has 1 aliphatic heterocycles. The summed E-state index contributed by atoms with van der Waals surface area (Å²) in [5, 5.41) is 7.28. The molecule has 1 aliphatic rings. The minimum Gasteiger partial charge on any atom is -0.356 e. The van der Waals surface area contributed by atoms with Crippen LogP contribution in [0.1, 0.15) is 25.5 Å². The first-order chi connectivity index (χ1) is 9.05. The third-order valence-electron chi connectivity index (χ3n) is 3.89. The largest absolute Gasteiger partial charge is 0.356 e. The van der Waals surface area contributed by atoms with E-state index in [4.69, 9.17) is 4.74 Å². The maximum absolute atomic E-state index is 5.84. The average Bonchev–Trinajstić information content (AvgIpc) is 2.81. The maximum Gasteiger partial charge on any atom is 0.150 e. The highest BCUT2D eigenvalue weighted by atomic mass is 28.3. The Morgan fingerprint density at radius 2 is 2.11 bits per heavy atom. The maximum atomic E-state index is 5.84. The zero-order valence-corrected chi connectivity index (χ0v) is 13.0. The number of fused-ring (bicyclic) bond motifs is 1. The second-order valence-corrected chi connectivity index (χ2v) is 11.5. The molecule has 3 nitrogen and oxygen atoms in total. The fraction of sp³-hybridized carbons (Fsp3) is 0.533. The summed E-state index contributed by atoms with van der Waals surface area (Å²) in [7, 11) is -1.25. The summed E-state index contributed by atoms with van der Waals surface area (Å²) < 4.78 is 7.90. The van der Waals surface area contributed by atoms with Gasteiger partial charge in [-0.3, -0.25) is 0 Å². The predicted octanol–water partition coefficient (Wildman–Crippen LogP) is 3.28. The van der Waals surface area contributed by atoms with E-state index in [0.29, 0.717) is 0 Å². The first kappa shape index (κ1) is 12.9. The summed E-state index contributed by atoms with van der Waals surface area (Å²) in [6.45, 7) is 7.99. The lowest BCUT2D eigenvalue weighted by Crippen LogP contribution is -2.37. The molecule has 1 unspecified atom stereocenters. The fourth-order valence-corrected chi connectivity index (χ4v) is 3.84. The van der Waals surface area contributed by atoms with E-state index < -0.39 is 8.07 Å². The molecular formula is C15H22N2OSi. The van der Waals surface area contributed by atoms with E-state index >= 15 is 0 Å². The van der Waals surface area contributed by atoms with Crippen molar-refractivity contribution in [2.24, 2.45) is 0 Å². The summed E-state index contributed by atoms with van der Waals surface area (Å²) in [4.78, 5) is 0. The van der Waals surface area contributed by atoms with Gasteiger partial charge >= 0.3 is 0 Å². The first-order valence-corrected chi connectivity index (χ1v) is 10.6. The van der Waals surface area contributed by atoms with E-state index in [9.17, 15) is 0 Å². The van der Waals surface area contributed by atoms with Gasteiger partial charge in [0.1, 0.15) is 0 Å². The number of hydrogen-bond donors (Lipinski definition) is 0. The van der Waals surface area contributed by atoms with Gasteiger partial charge in [-0.1, -0.05) is 37.0 Å². The van der Waals surface area contributed by atoms with Crippen molar-refractivity contribution in [2.75, 3.05) is 6.61 Å². The van der Waals surface area contributed by atoms with E-state index in [1.165, 1.54) is 28.9 Å². The number of hydrogen-bond acceptors (Lipinski definition) is 2. The lowest BCUT2D eigenvalue weighted by molar-refractivity contribution is -0.0366. The van der Waals surface area contributed by atoms with Gasteiger partial charge in [0.25, 0.3) is 0 Å². The molecule has 0 saturated carbocycles. The molecule has 1 fully saturated rings. The molecule has 3 rings (SSSR count). The van der Waals surface area contributed by atoms with Crippen molar-refractivity contribution in [3.63, 3.8) is 0 Å². The topological polar surface area (TPSA) is 27.1 Å². The molecule has 0 spiro atoms. The molecule has 0 amide bonds. The molecule has 2 aromatic rings. The molecule has 19 heavy (non-hydrogen) atoms. The number of aromatic nitrogens is 2. The fourth-order valence-electron chi connectivity index (χ4n) is 2.67. The van der Waals surface area contributed by atoms with Crippen molar-refractivity contribution in [3.05, 3.63) is 24.4 Å². The van der Waals surface area contributed by atoms with E-state index in [-0.39, 0.29) is 6.23 Å². The molecule has 0 N–H and O–H groups in total. The Labute approximate surface area is 115 Å². The second-order valence-electron chi connectivity index (χ2n) is 6.43. The Hall–Kier alpha value is -1.13. The minimum absolute atomic E-state index is 0.129. The van der Waals surface area contributed by atoms with Crippen molar-refractivity contribution in [1.82, 2.24) is 9.78 Å². The molecule has 0 bridgehead atoms. The van der Waals surface area contributed by atoms with Crippen molar-refractivity contribution >= 4 is 24.2 Å². The number of benzene rings is 1. The van der Waals surface area contributed by atoms with Gasteiger partial charge in [0.05, 0.1) is 19.8 Å². The summed E-state index contributed by atoms with van der Waals surface area (Å²) in [5.74, 6) is 0. The molecule has 1 aromatic carbocycles. The third kappa shape index (κ3) is 2.47. The van der Waals surface area contributed by atoms with Crippen LogP contribution in [0.2, 0.25) is 19.6 Å². The van der Waals surface area contributed by atoms with Crippen LogP contribution in [0.5, 0.6) is 0 Å². The van der Waals surface area contributed by atoms with E-state index in [2.05, 4.69) is 47.6 Å². The molecule has 0 aliphatic carbocycles. The van der Waals surface area contributed by atoms with Crippen LogP contribution in [0.3, 0.4) is 0 Å². The van der Waals surface area contributed by atoms with Gasteiger partial charge < -0.3 is 4.74 Å². The van der Waals surface area contributed by atoms with Gasteiger partial charge in [-0.2, -0.15) is 5.10 Å². The Morgan fingerprint density at radius 1 is 1.26 bits per heavy atom. The molecule has 1 aromatic heterocycles. The predicted molar refractivity (Wildman–Crippen MR) is 81.6 cm³/mol. The molecule has 1 saturated heterocycles. The quantitative estimate of drug-likeness (QED) is 0.786. The Kier molecular flexibility index (Phi) is 3.23. The highest BCUT2D eigenvalue weighted by Crippen LogP contribution is 2.25. The standard InChI is InChI=1S/C15H22N2OSi/c1-19(2,3)13-7-8-14-12(10-13)11-16-17(14)15-6-4-5-9-18-15/h7-8,10-11,15H,4-6,9H2,1-3H3. The van der Waals surface area contributed by atoms with Crippen LogP contribution in [0.15, 0.2) is 24.4 Å². The molecule has 0 radical (unpaired) electrons. The van der Waals surface area contributed by atoms with Gasteiger partial charge in [0.15, 0.2) is 6.23 Å². The lowest BCUT2D eigenvalue weighted by Gasteiger charge is -2.23. The number of nitrogens with zero attached hydrogens (tertiary/aromatic N) is 2. The van der Waals surface area contributed by atoms with E-state index in [1.54, 1.807) is 0 Å². The lowest BCUT2D eigenvalue weighted by atomic mass is 10.2. The van der Waals surface area contributed by atoms with Crippen LogP contribution in [0.25, 0.3) is 10.9 Å². The van der Waals surface area contributed by atoms with Gasteiger partial charge in [-0.15, -0.1) is 0 Å². The van der Waals surface area contributed by atoms with Crippen LogP contribution in [0, 0.1) is 0 Å². The monoisotopic (exact) mass is 274 g/mol. The normalized spacial score (nSPS) is 20.9. The van der Waals surface area contributed by atoms with Crippen LogP contribution >= 0.6 is 0 Å². The van der Waals surface area contributed by atoms with Crippen LogP contribution in [0.4, 0.5) is 0 Å². The van der Waals surface area contributed by atoms with Crippen molar-refractivity contribution in [3.8, 4) is 0 Å². The summed E-state index contributed by atoms with van der Waals surface area (Å²) in [6.07, 6.45) is 5.60. The van der Waals surface area contributed by atoms with Gasteiger partial charge in [-0.05, 0) is 25.3 Å². The number of rotatable bonds is 2. The van der Waals surface area contributed by atoms with Crippen LogP contribution < -0.4 is 5.19 Å². The van der Waals surface area contributed by atoms with Crippen molar-refractivity contribution < 1.29 is 4.74 Å². The summed E-state index contributed by atoms with van der Waals surface area (Å²) in [5.41, 5.74) is 1.20. The van der Waals surface area contributed by atoms with E-state index in [0.717, 1.165) is 13.0 Å². The van der Waals surface area contributed by atoms with E-state index in [1.807, 2.05) is 6.20 Å². The van der Waals surface area contributed by atoms with Gasteiger partial charge in [-0.25, -0.2) is 4.68 Å². The average molecular weight is 274 g/mol. The van der Waals surface area contributed by atoms with Crippen molar-refractivity contribution in [1.29, 1.82) is 0 Å². The van der Waals surface area contributed by atoms with Crippen LogP contribution in [-0.2, 0) is 4.74 Å². The Morgan fingerprint density at radius 3 is 2.79 bits per heavy atom. The zero-order chi connectivity index (χ0) is 13.5. The minimum atomic E-state index is -1.25. The first-order valence-electron chi connectivity index (χ1n) is 7.15. The highest BCUT2D eigenvalue weighted by Gasteiger charge is 2.20. The molecule has 2 heterocycles. The van der Waals surface area contributed by atoms with Gasteiger partial charge in [0, 0.05) is 12.0 Å². The Balaban J connectivity index is 2.00. The molecule has 1 atom stereocenters. The molecule has 4 heteroatoms. The highest BCUT2D eigenvalue weighted by molar-refractivity contribution is 6.88. The molecular weight excluding hydrogens is 252 g/mol. The molecule has 102 valence electrons. The SMILES string of the molecule is C[Si](C)(C)c1ccc2c(cnn2C2CCCCO2)c1. The third-order valence-corrected chi connectivity index (χ3v) is 5.93. The second kappa shape index (κ2) is 4.76. The smallest absolute Gasteiger partial charge is 0.150 e. The van der Waals surface area contributed by atoms with Crippen molar-refractivity contribution in [2.45, 2.75) is 45.1 Å². The Bertz CT molecular complexity index is 579. The zero-order valence-electron chi connectivity index (χ0n) is 12.0. The van der Waals surface area contributed by atoms with Crippen LogP contribution in [-0.4, -0.2) is 24.5 Å². The van der Waals surface area contributed by atoms with Gasteiger partial charge in [0.2, 0.25) is 0 Å². The number of ether oxygens (including phenoxy) is 1. The summed E-state index contributed by atoms with van der Waals surface area (Å²) >= 11 is 0.